The summed E-state index contributed by atoms with van der Waals surface area (Å²) >= 11 is 0. The van der Waals surface area contributed by atoms with E-state index in [1.807, 2.05) is 36.4 Å². The summed E-state index contributed by atoms with van der Waals surface area (Å²) in [5.74, 6) is 2.79. The standard InChI is InChI=1S/C25H28N6O2/c1-19-16-30(17-24-26-22(28-32-24)14-20-8-4-2-5-9-20)12-13-31(19)18-25-27-23(29-33-25)15-21-10-6-3-7-11-21/h2-11,19H,12-18H2,1H3. The highest BCUT2D eigenvalue weighted by atomic mass is 16.5. The van der Waals surface area contributed by atoms with Gasteiger partial charge < -0.3 is 9.05 Å². The van der Waals surface area contributed by atoms with Crippen molar-refractivity contribution in [1.82, 2.24) is 30.1 Å². The Morgan fingerprint density at radius 3 is 1.85 bits per heavy atom. The lowest BCUT2D eigenvalue weighted by molar-refractivity contribution is 0.0594. The molecule has 0 aliphatic carbocycles. The smallest absolute Gasteiger partial charge is 0.240 e. The second-order valence-corrected chi connectivity index (χ2v) is 8.59. The molecule has 0 amide bonds. The van der Waals surface area contributed by atoms with E-state index in [9.17, 15) is 0 Å². The van der Waals surface area contributed by atoms with Crippen LogP contribution in [0.4, 0.5) is 0 Å². The second-order valence-electron chi connectivity index (χ2n) is 8.59. The quantitative estimate of drug-likeness (QED) is 0.409. The van der Waals surface area contributed by atoms with Crippen LogP contribution in [0, 0.1) is 0 Å². The fourth-order valence-corrected chi connectivity index (χ4v) is 4.22. The van der Waals surface area contributed by atoms with E-state index in [0.717, 1.165) is 31.3 Å². The van der Waals surface area contributed by atoms with Gasteiger partial charge in [-0.2, -0.15) is 9.97 Å². The molecule has 170 valence electrons. The Labute approximate surface area is 193 Å². The van der Waals surface area contributed by atoms with Crippen molar-refractivity contribution in [3.8, 4) is 0 Å². The molecule has 1 aliphatic heterocycles. The third-order valence-corrected chi connectivity index (χ3v) is 5.98. The van der Waals surface area contributed by atoms with Crippen molar-refractivity contribution in [1.29, 1.82) is 0 Å². The molecule has 1 saturated heterocycles. The lowest BCUT2D eigenvalue weighted by atomic mass is 10.1. The number of hydrogen-bond donors (Lipinski definition) is 0. The molecule has 1 aliphatic rings. The maximum atomic E-state index is 5.51. The van der Waals surface area contributed by atoms with E-state index in [1.54, 1.807) is 0 Å². The number of aromatic nitrogens is 4. The average Bonchev–Trinajstić information content (AvgIpc) is 3.46. The number of benzene rings is 2. The maximum absolute atomic E-state index is 5.51. The summed E-state index contributed by atoms with van der Waals surface area (Å²) in [4.78, 5) is 13.9. The minimum Gasteiger partial charge on any atom is -0.338 e. The number of piperazine rings is 1. The van der Waals surface area contributed by atoms with Gasteiger partial charge in [-0.3, -0.25) is 9.80 Å². The first-order valence-electron chi connectivity index (χ1n) is 11.4. The summed E-state index contributed by atoms with van der Waals surface area (Å²) < 4.78 is 11.0. The van der Waals surface area contributed by atoms with Crippen LogP contribution in [0.1, 0.15) is 41.5 Å². The van der Waals surface area contributed by atoms with Crippen molar-refractivity contribution < 1.29 is 9.05 Å². The molecule has 2 aromatic heterocycles. The SMILES string of the molecule is CC1CN(Cc2nc(Cc3ccccc3)no2)CCN1Cc1nc(Cc2ccccc2)no1. The van der Waals surface area contributed by atoms with Gasteiger partial charge >= 0.3 is 0 Å². The molecule has 0 saturated carbocycles. The van der Waals surface area contributed by atoms with E-state index in [2.05, 4.69) is 61.3 Å². The highest BCUT2D eigenvalue weighted by molar-refractivity contribution is 5.19. The number of nitrogens with zero attached hydrogens (tertiary/aromatic N) is 6. The minimum atomic E-state index is 0.356. The Bertz CT molecular complexity index is 1140. The summed E-state index contributed by atoms with van der Waals surface area (Å²) in [6, 6.07) is 20.8. The molecule has 1 unspecified atom stereocenters. The van der Waals surface area contributed by atoms with Gasteiger partial charge in [-0.05, 0) is 18.1 Å². The molecule has 1 atom stereocenters. The molecular formula is C25H28N6O2. The minimum absolute atomic E-state index is 0.356. The zero-order valence-electron chi connectivity index (χ0n) is 18.8. The van der Waals surface area contributed by atoms with Crippen LogP contribution in [-0.4, -0.2) is 55.8 Å². The molecule has 0 N–H and O–H groups in total. The van der Waals surface area contributed by atoms with E-state index in [0.29, 0.717) is 43.8 Å². The monoisotopic (exact) mass is 444 g/mol. The lowest BCUT2D eigenvalue weighted by Gasteiger charge is -2.38. The van der Waals surface area contributed by atoms with Gasteiger partial charge in [0.2, 0.25) is 11.8 Å². The normalized spacial score (nSPS) is 17.4. The van der Waals surface area contributed by atoms with E-state index in [1.165, 1.54) is 11.1 Å². The van der Waals surface area contributed by atoms with Gasteiger partial charge in [0, 0.05) is 38.5 Å². The predicted molar refractivity (Wildman–Crippen MR) is 122 cm³/mol. The molecule has 8 heteroatoms. The van der Waals surface area contributed by atoms with Crippen molar-refractivity contribution >= 4 is 0 Å². The van der Waals surface area contributed by atoms with Crippen LogP contribution >= 0.6 is 0 Å². The van der Waals surface area contributed by atoms with Gasteiger partial charge in [-0.1, -0.05) is 71.0 Å². The van der Waals surface area contributed by atoms with Gasteiger partial charge in [0.1, 0.15) is 0 Å². The van der Waals surface area contributed by atoms with Crippen LogP contribution in [-0.2, 0) is 25.9 Å². The number of rotatable bonds is 8. The fraction of sp³-hybridized carbons (Fsp3) is 0.360. The fourth-order valence-electron chi connectivity index (χ4n) is 4.22. The Balaban J connectivity index is 1.11. The largest absolute Gasteiger partial charge is 0.338 e. The molecular weight excluding hydrogens is 416 g/mol. The molecule has 0 bridgehead atoms. The first-order valence-corrected chi connectivity index (χ1v) is 11.4. The number of hydrogen-bond acceptors (Lipinski definition) is 8. The van der Waals surface area contributed by atoms with Crippen LogP contribution in [0.2, 0.25) is 0 Å². The molecule has 4 aromatic rings. The van der Waals surface area contributed by atoms with Crippen molar-refractivity contribution in [2.45, 2.75) is 38.9 Å². The zero-order valence-corrected chi connectivity index (χ0v) is 18.8. The van der Waals surface area contributed by atoms with Crippen LogP contribution in [0.5, 0.6) is 0 Å². The van der Waals surface area contributed by atoms with Crippen molar-refractivity contribution in [2.24, 2.45) is 0 Å². The van der Waals surface area contributed by atoms with Gasteiger partial charge in [-0.25, -0.2) is 0 Å². The molecule has 5 rings (SSSR count). The van der Waals surface area contributed by atoms with E-state index in [4.69, 9.17) is 9.05 Å². The van der Waals surface area contributed by atoms with Gasteiger partial charge in [0.25, 0.3) is 0 Å². The Kier molecular flexibility index (Phi) is 6.55. The summed E-state index contributed by atoms with van der Waals surface area (Å²) in [6.45, 7) is 6.32. The molecule has 2 aromatic carbocycles. The Hall–Kier alpha value is -3.36. The van der Waals surface area contributed by atoms with E-state index >= 15 is 0 Å². The van der Waals surface area contributed by atoms with E-state index < -0.39 is 0 Å². The first-order chi connectivity index (χ1) is 16.2. The summed E-state index contributed by atoms with van der Waals surface area (Å²) in [5, 5.41) is 8.30. The Morgan fingerprint density at radius 2 is 1.30 bits per heavy atom. The highest BCUT2D eigenvalue weighted by Gasteiger charge is 2.26. The topological polar surface area (TPSA) is 84.3 Å². The second kappa shape index (κ2) is 10.1. The average molecular weight is 445 g/mol. The maximum Gasteiger partial charge on any atom is 0.240 e. The van der Waals surface area contributed by atoms with Gasteiger partial charge in [0.15, 0.2) is 11.6 Å². The lowest BCUT2D eigenvalue weighted by Crippen LogP contribution is -2.51. The van der Waals surface area contributed by atoms with E-state index in [-0.39, 0.29) is 0 Å². The van der Waals surface area contributed by atoms with Crippen molar-refractivity contribution in [3.63, 3.8) is 0 Å². The van der Waals surface area contributed by atoms with Crippen LogP contribution in [0.25, 0.3) is 0 Å². The van der Waals surface area contributed by atoms with Gasteiger partial charge in [-0.15, -0.1) is 0 Å². The third kappa shape index (κ3) is 5.71. The van der Waals surface area contributed by atoms with Gasteiger partial charge in [0.05, 0.1) is 13.1 Å². The first kappa shape index (κ1) is 21.5. The highest BCUT2D eigenvalue weighted by Crippen LogP contribution is 2.16. The molecule has 0 radical (unpaired) electrons. The Morgan fingerprint density at radius 1 is 0.758 bits per heavy atom. The molecule has 33 heavy (non-hydrogen) atoms. The predicted octanol–water partition coefficient (Wildman–Crippen LogP) is 3.34. The molecule has 0 spiro atoms. The summed E-state index contributed by atoms with van der Waals surface area (Å²) in [7, 11) is 0. The third-order valence-electron chi connectivity index (χ3n) is 5.98. The summed E-state index contributed by atoms with van der Waals surface area (Å²) in [5.41, 5.74) is 2.36. The van der Waals surface area contributed by atoms with Crippen LogP contribution < -0.4 is 0 Å². The summed E-state index contributed by atoms with van der Waals surface area (Å²) in [6.07, 6.45) is 1.37. The molecule has 8 nitrogen and oxygen atoms in total. The molecule has 3 heterocycles. The van der Waals surface area contributed by atoms with Crippen molar-refractivity contribution in [3.05, 3.63) is 95.2 Å². The van der Waals surface area contributed by atoms with Crippen LogP contribution in [0.15, 0.2) is 69.7 Å². The van der Waals surface area contributed by atoms with Crippen molar-refractivity contribution in [2.75, 3.05) is 19.6 Å². The zero-order chi connectivity index (χ0) is 22.5. The molecule has 1 fully saturated rings. The van der Waals surface area contributed by atoms with Crippen LogP contribution in [0.3, 0.4) is 0 Å².